The van der Waals surface area contributed by atoms with Gasteiger partial charge in [-0.1, -0.05) is 0 Å². The first-order valence-corrected chi connectivity index (χ1v) is 8.75. The molecule has 8 heteroatoms. The van der Waals surface area contributed by atoms with Crippen LogP contribution < -0.4 is 10.5 Å². The Bertz CT molecular complexity index is 976. The minimum atomic E-state index is -0.511. The standard InChI is InChI=1S/C19H21N5O3/c1-11-15(19(26)27-3)7-14(9-20)18(21-11)24-6-4-5-13(10-24)16-8-17(25)23-12(2)22-16/h7-8,13H,4-6,10H2,1-3H3,(H,22,23,25)/t13-/m0/s1. The van der Waals surface area contributed by atoms with Gasteiger partial charge in [-0.3, -0.25) is 4.79 Å². The van der Waals surface area contributed by atoms with Gasteiger partial charge in [0, 0.05) is 25.1 Å². The van der Waals surface area contributed by atoms with Crippen molar-refractivity contribution in [2.45, 2.75) is 32.6 Å². The number of aryl methyl sites for hydroxylation is 2. The Kier molecular flexibility index (Phi) is 5.21. The summed E-state index contributed by atoms with van der Waals surface area (Å²) in [4.78, 5) is 37.3. The number of nitrogens with one attached hydrogen (secondary N) is 1. The third-order valence-electron chi connectivity index (χ3n) is 4.74. The van der Waals surface area contributed by atoms with E-state index in [0.29, 0.717) is 35.0 Å². The normalized spacial score (nSPS) is 16.7. The monoisotopic (exact) mass is 367 g/mol. The number of carbonyl (C=O) groups excluding carboxylic acids is 1. The molecule has 1 saturated heterocycles. The summed E-state index contributed by atoms with van der Waals surface area (Å²) in [5.74, 6) is 0.703. The van der Waals surface area contributed by atoms with E-state index in [1.54, 1.807) is 13.8 Å². The number of methoxy groups -OCH3 is 1. The van der Waals surface area contributed by atoms with Crippen LogP contribution in [-0.4, -0.2) is 41.1 Å². The van der Waals surface area contributed by atoms with Crippen molar-refractivity contribution in [3.8, 4) is 6.07 Å². The molecule has 27 heavy (non-hydrogen) atoms. The first kappa shape index (κ1) is 18.6. The van der Waals surface area contributed by atoms with Gasteiger partial charge in [-0.15, -0.1) is 0 Å². The summed E-state index contributed by atoms with van der Waals surface area (Å²) in [5, 5.41) is 9.55. The topological polar surface area (TPSA) is 112 Å². The summed E-state index contributed by atoms with van der Waals surface area (Å²) < 4.78 is 4.76. The highest BCUT2D eigenvalue weighted by atomic mass is 16.5. The van der Waals surface area contributed by atoms with Crippen LogP contribution in [0.1, 0.15) is 51.9 Å². The molecule has 3 heterocycles. The summed E-state index contributed by atoms with van der Waals surface area (Å²) in [6, 6.07) is 5.19. The number of nitriles is 1. The third kappa shape index (κ3) is 3.82. The Morgan fingerprint density at radius 3 is 2.81 bits per heavy atom. The third-order valence-corrected chi connectivity index (χ3v) is 4.74. The van der Waals surface area contributed by atoms with Crippen LogP contribution in [-0.2, 0) is 4.74 Å². The van der Waals surface area contributed by atoms with Gasteiger partial charge in [-0.05, 0) is 32.8 Å². The zero-order chi connectivity index (χ0) is 19.6. The maximum Gasteiger partial charge on any atom is 0.339 e. The molecule has 2 aromatic rings. The Morgan fingerprint density at radius 1 is 1.37 bits per heavy atom. The van der Waals surface area contributed by atoms with Crippen LogP contribution >= 0.6 is 0 Å². The van der Waals surface area contributed by atoms with Gasteiger partial charge >= 0.3 is 5.97 Å². The van der Waals surface area contributed by atoms with E-state index in [4.69, 9.17) is 4.74 Å². The lowest BCUT2D eigenvalue weighted by Crippen LogP contribution is -2.36. The smallest absolute Gasteiger partial charge is 0.339 e. The van der Waals surface area contributed by atoms with E-state index < -0.39 is 5.97 Å². The SMILES string of the molecule is COC(=O)c1cc(C#N)c(N2CCC[C@H](c3cc(=O)[nH]c(C)n3)C2)nc1C. The van der Waals surface area contributed by atoms with Crippen LogP contribution in [0.5, 0.6) is 0 Å². The summed E-state index contributed by atoms with van der Waals surface area (Å²) >= 11 is 0. The second kappa shape index (κ2) is 7.58. The van der Waals surface area contributed by atoms with Crippen molar-refractivity contribution in [3.63, 3.8) is 0 Å². The van der Waals surface area contributed by atoms with Gasteiger partial charge in [0.2, 0.25) is 0 Å². The number of rotatable bonds is 3. The average Bonchev–Trinajstić information content (AvgIpc) is 2.66. The molecule has 1 N–H and O–H groups in total. The van der Waals surface area contributed by atoms with Gasteiger partial charge in [-0.2, -0.15) is 5.26 Å². The van der Waals surface area contributed by atoms with Gasteiger partial charge in [0.05, 0.1) is 29.6 Å². The lowest BCUT2D eigenvalue weighted by atomic mass is 9.94. The molecular weight excluding hydrogens is 346 g/mol. The van der Waals surface area contributed by atoms with Crippen molar-refractivity contribution in [2.75, 3.05) is 25.1 Å². The second-order valence-electron chi connectivity index (χ2n) is 6.64. The molecule has 0 aliphatic carbocycles. The van der Waals surface area contributed by atoms with Gasteiger partial charge in [-0.25, -0.2) is 14.8 Å². The fraction of sp³-hybridized carbons (Fsp3) is 0.421. The lowest BCUT2D eigenvalue weighted by molar-refractivity contribution is 0.0599. The molecular formula is C19H21N5O3. The molecule has 0 radical (unpaired) electrons. The van der Waals surface area contributed by atoms with Crippen molar-refractivity contribution in [1.82, 2.24) is 15.0 Å². The fourth-order valence-electron chi connectivity index (χ4n) is 3.46. The van der Waals surface area contributed by atoms with Crippen LogP contribution in [0, 0.1) is 25.2 Å². The van der Waals surface area contributed by atoms with Crippen LogP contribution in [0.3, 0.4) is 0 Å². The quantitative estimate of drug-likeness (QED) is 0.824. The Labute approximate surface area is 156 Å². The molecule has 0 bridgehead atoms. The Balaban J connectivity index is 1.94. The van der Waals surface area contributed by atoms with E-state index in [-0.39, 0.29) is 11.5 Å². The Morgan fingerprint density at radius 2 is 2.15 bits per heavy atom. The highest BCUT2D eigenvalue weighted by Crippen LogP contribution is 2.30. The molecule has 1 aliphatic heterocycles. The maximum absolute atomic E-state index is 11.9. The summed E-state index contributed by atoms with van der Waals surface area (Å²) in [6.45, 7) is 4.83. The summed E-state index contributed by atoms with van der Waals surface area (Å²) in [6.07, 6.45) is 1.80. The molecule has 1 fully saturated rings. The number of piperidine rings is 1. The van der Waals surface area contributed by atoms with Crippen LogP contribution in [0.4, 0.5) is 5.82 Å². The van der Waals surface area contributed by atoms with Crippen molar-refractivity contribution in [1.29, 1.82) is 5.26 Å². The number of hydrogen-bond acceptors (Lipinski definition) is 7. The largest absolute Gasteiger partial charge is 0.465 e. The van der Waals surface area contributed by atoms with E-state index in [1.165, 1.54) is 19.2 Å². The zero-order valence-electron chi connectivity index (χ0n) is 15.6. The predicted octanol–water partition coefficient (Wildman–Crippen LogP) is 1.82. The number of nitrogens with zero attached hydrogens (tertiary/aromatic N) is 4. The van der Waals surface area contributed by atoms with Gasteiger partial charge in [0.15, 0.2) is 0 Å². The van der Waals surface area contributed by atoms with E-state index >= 15 is 0 Å². The molecule has 140 valence electrons. The van der Waals surface area contributed by atoms with E-state index in [0.717, 1.165) is 25.1 Å². The fourth-order valence-corrected chi connectivity index (χ4v) is 3.46. The Hall–Kier alpha value is -3.21. The minimum absolute atomic E-state index is 0.0775. The zero-order valence-corrected chi connectivity index (χ0v) is 15.6. The van der Waals surface area contributed by atoms with Crippen molar-refractivity contribution in [3.05, 3.63) is 50.8 Å². The van der Waals surface area contributed by atoms with Crippen molar-refractivity contribution >= 4 is 11.8 Å². The molecule has 1 atom stereocenters. The highest BCUT2D eigenvalue weighted by Gasteiger charge is 2.26. The average molecular weight is 367 g/mol. The number of aromatic amines is 1. The molecule has 0 saturated carbocycles. The second-order valence-corrected chi connectivity index (χ2v) is 6.64. The number of carbonyl (C=O) groups is 1. The summed E-state index contributed by atoms with van der Waals surface area (Å²) in [5.41, 5.74) is 1.73. The molecule has 0 aromatic carbocycles. The molecule has 0 spiro atoms. The number of H-pyrrole nitrogens is 1. The highest BCUT2D eigenvalue weighted by molar-refractivity contribution is 5.91. The van der Waals surface area contributed by atoms with Crippen LogP contribution in [0.15, 0.2) is 16.9 Å². The first-order chi connectivity index (χ1) is 12.9. The molecule has 2 aromatic heterocycles. The van der Waals surface area contributed by atoms with E-state index in [9.17, 15) is 14.9 Å². The number of anilines is 1. The van der Waals surface area contributed by atoms with Crippen molar-refractivity contribution in [2.24, 2.45) is 0 Å². The van der Waals surface area contributed by atoms with Gasteiger partial charge < -0.3 is 14.6 Å². The molecule has 0 amide bonds. The number of ether oxygens (including phenoxy) is 1. The number of esters is 1. The molecule has 0 unspecified atom stereocenters. The number of hydrogen-bond donors (Lipinski definition) is 1. The maximum atomic E-state index is 11.9. The van der Waals surface area contributed by atoms with Crippen LogP contribution in [0.2, 0.25) is 0 Å². The minimum Gasteiger partial charge on any atom is -0.465 e. The number of pyridine rings is 1. The summed E-state index contributed by atoms with van der Waals surface area (Å²) in [7, 11) is 1.30. The molecule has 8 nitrogen and oxygen atoms in total. The van der Waals surface area contributed by atoms with Crippen molar-refractivity contribution < 1.29 is 9.53 Å². The predicted molar refractivity (Wildman–Crippen MR) is 98.8 cm³/mol. The van der Waals surface area contributed by atoms with Gasteiger partial charge in [0.1, 0.15) is 17.7 Å². The van der Waals surface area contributed by atoms with E-state index in [2.05, 4.69) is 21.0 Å². The van der Waals surface area contributed by atoms with E-state index in [1.807, 2.05) is 4.90 Å². The van der Waals surface area contributed by atoms with Crippen LogP contribution in [0.25, 0.3) is 0 Å². The number of aromatic nitrogens is 3. The molecule has 3 rings (SSSR count). The first-order valence-electron chi connectivity index (χ1n) is 8.75. The lowest BCUT2D eigenvalue weighted by Gasteiger charge is -2.34. The molecule has 1 aliphatic rings. The van der Waals surface area contributed by atoms with Gasteiger partial charge in [0.25, 0.3) is 5.56 Å².